The second kappa shape index (κ2) is 10.1. The van der Waals surface area contributed by atoms with Crippen molar-refractivity contribution in [2.45, 2.75) is 45.6 Å². The van der Waals surface area contributed by atoms with Crippen molar-refractivity contribution in [3.05, 3.63) is 58.4 Å². The predicted octanol–water partition coefficient (Wildman–Crippen LogP) is 5.65. The Labute approximate surface area is 148 Å². The maximum absolute atomic E-state index is 13.4. The Morgan fingerprint density at radius 2 is 1.79 bits per heavy atom. The number of hydrogen-bond acceptors (Lipinski definition) is 3. The molecule has 0 bridgehead atoms. The SMILES string of the molecule is CCC=O.CSc1cccc(C)c1COc1cc(C)c(F)cc1C. The molecule has 2 rings (SSSR count). The Balaban J connectivity index is 0.000000648. The first-order valence-electron chi connectivity index (χ1n) is 7.90. The Hall–Kier alpha value is -1.81. The van der Waals surface area contributed by atoms with Crippen molar-refractivity contribution >= 4 is 18.0 Å². The van der Waals surface area contributed by atoms with Gasteiger partial charge in [0.2, 0.25) is 0 Å². The minimum atomic E-state index is -0.185. The fraction of sp³-hybridized carbons (Fsp3) is 0.350. The number of hydrogen-bond donors (Lipinski definition) is 0. The average molecular weight is 348 g/mol. The lowest BCUT2D eigenvalue weighted by molar-refractivity contribution is -0.107. The molecule has 2 nitrogen and oxygen atoms in total. The number of aryl methyl sites for hydroxylation is 3. The number of ether oxygens (including phenoxy) is 1. The Bertz CT molecular complexity index is 684. The Morgan fingerprint density at radius 3 is 2.38 bits per heavy atom. The topological polar surface area (TPSA) is 26.3 Å². The van der Waals surface area contributed by atoms with Crippen LogP contribution < -0.4 is 4.74 Å². The van der Waals surface area contributed by atoms with Gasteiger partial charge in [-0.15, -0.1) is 11.8 Å². The summed E-state index contributed by atoms with van der Waals surface area (Å²) in [4.78, 5) is 10.4. The van der Waals surface area contributed by atoms with E-state index in [0.29, 0.717) is 18.6 Å². The summed E-state index contributed by atoms with van der Waals surface area (Å²) < 4.78 is 19.3. The number of benzene rings is 2. The lowest BCUT2D eigenvalue weighted by atomic mass is 10.1. The van der Waals surface area contributed by atoms with E-state index in [2.05, 4.69) is 31.4 Å². The van der Waals surface area contributed by atoms with E-state index in [9.17, 15) is 9.18 Å². The number of carbonyl (C=O) groups is 1. The van der Waals surface area contributed by atoms with Crippen molar-refractivity contribution in [2.75, 3.05) is 6.26 Å². The van der Waals surface area contributed by atoms with Crippen molar-refractivity contribution in [1.29, 1.82) is 0 Å². The van der Waals surface area contributed by atoms with Crippen molar-refractivity contribution in [1.82, 2.24) is 0 Å². The summed E-state index contributed by atoms with van der Waals surface area (Å²) in [6.07, 6.45) is 3.57. The lowest BCUT2D eigenvalue weighted by Crippen LogP contribution is -2.02. The van der Waals surface area contributed by atoms with Crippen LogP contribution in [0.5, 0.6) is 5.75 Å². The fourth-order valence-corrected chi connectivity index (χ4v) is 2.79. The monoisotopic (exact) mass is 348 g/mol. The van der Waals surface area contributed by atoms with Crippen molar-refractivity contribution in [3.8, 4) is 5.75 Å². The molecule has 24 heavy (non-hydrogen) atoms. The Kier molecular flexibility index (Phi) is 8.55. The fourth-order valence-electron chi connectivity index (χ4n) is 2.11. The van der Waals surface area contributed by atoms with Crippen LogP contribution in [0.25, 0.3) is 0 Å². The maximum atomic E-state index is 13.4. The van der Waals surface area contributed by atoms with Crippen LogP contribution in [0.4, 0.5) is 4.39 Å². The van der Waals surface area contributed by atoms with E-state index >= 15 is 0 Å². The van der Waals surface area contributed by atoms with Gasteiger partial charge in [0.05, 0.1) is 0 Å². The summed E-state index contributed by atoms with van der Waals surface area (Å²) in [7, 11) is 0. The van der Waals surface area contributed by atoms with Crippen molar-refractivity contribution in [3.63, 3.8) is 0 Å². The molecule has 0 aliphatic carbocycles. The zero-order chi connectivity index (χ0) is 18.1. The van der Waals surface area contributed by atoms with Gasteiger partial charge >= 0.3 is 0 Å². The van der Waals surface area contributed by atoms with Crippen LogP contribution in [0.15, 0.2) is 35.2 Å². The minimum absolute atomic E-state index is 0.185. The molecular weight excluding hydrogens is 323 g/mol. The second-order valence-corrected chi connectivity index (χ2v) is 6.33. The largest absolute Gasteiger partial charge is 0.489 e. The molecule has 0 saturated carbocycles. The van der Waals surface area contributed by atoms with E-state index in [0.717, 1.165) is 17.6 Å². The van der Waals surface area contributed by atoms with E-state index in [4.69, 9.17) is 4.74 Å². The molecule has 0 unspecified atom stereocenters. The normalized spacial score (nSPS) is 9.92. The average Bonchev–Trinajstić information content (AvgIpc) is 2.57. The summed E-state index contributed by atoms with van der Waals surface area (Å²) in [5, 5.41) is 0. The third-order valence-electron chi connectivity index (χ3n) is 3.58. The van der Waals surface area contributed by atoms with Crippen molar-refractivity contribution < 1.29 is 13.9 Å². The van der Waals surface area contributed by atoms with Gasteiger partial charge in [-0.2, -0.15) is 0 Å². The van der Waals surface area contributed by atoms with Crippen LogP contribution in [-0.2, 0) is 11.4 Å². The van der Waals surface area contributed by atoms with Crippen LogP contribution in [0.1, 0.15) is 35.6 Å². The van der Waals surface area contributed by atoms with E-state index in [1.165, 1.54) is 22.1 Å². The lowest BCUT2D eigenvalue weighted by Gasteiger charge is -2.14. The molecule has 0 aromatic heterocycles. The first kappa shape index (κ1) is 20.2. The van der Waals surface area contributed by atoms with Crippen LogP contribution in [0.3, 0.4) is 0 Å². The highest BCUT2D eigenvalue weighted by atomic mass is 32.2. The molecule has 0 aliphatic heterocycles. The second-order valence-electron chi connectivity index (χ2n) is 5.49. The molecule has 0 saturated heterocycles. The molecule has 2 aromatic carbocycles. The molecule has 130 valence electrons. The molecule has 2 aromatic rings. The molecule has 0 N–H and O–H groups in total. The quantitative estimate of drug-likeness (QED) is 0.516. The summed E-state index contributed by atoms with van der Waals surface area (Å²) in [5.41, 5.74) is 3.85. The summed E-state index contributed by atoms with van der Waals surface area (Å²) in [6.45, 7) is 8.02. The molecule has 0 atom stereocenters. The maximum Gasteiger partial charge on any atom is 0.126 e. The van der Waals surface area contributed by atoms with Crippen LogP contribution in [0, 0.1) is 26.6 Å². The van der Waals surface area contributed by atoms with E-state index < -0.39 is 0 Å². The number of thioether (sulfide) groups is 1. The van der Waals surface area contributed by atoms with Crippen LogP contribution in [0.2, 0.25) is 0 Å². The van der Waals surface area contributed by atoms with Gasteiger partial charge in [-0.3, -0.25) is 0 Å². The van der Waals surface area contributed by atoms with Gasteiger partial charge in [0.1, 0.15) is 24.5 Å². The first-order valence-corrected chi connectivity index (χ1v) is 9.12. The molecule has 0 radical (unpaired) electrons. The van der Waals surface area contributed by atoms with Crippen molar-refractivity contribution in [2.24, 2.45) is 0 Å². The Morgan fingerprint density at radius 1 is 1.12 bits per heavy atom. The van der Waals surface area contributed by atoms with E-state index in [-0.39, 0.29) is 5.82 Å². The molecular formula is C20H25FO2S. The van der Waals surface area contributed by atoms with Gasteiger partial charge in [-0.05, 0) is 61.9 Å². The molecule has 0 aliphatic rings. The third kappa shape index (κ3) is 5.68. The van der Waals surface area contributed by atoms with Gasteiger partial charge in [0.25, 0.3) is 0 Å². The third-order valence-corrected chi connectivity index (χ3v) is 4.40. The molecule has 0 fully saturated rings. The van der Waals surface area contributed by atoms with Crippen LogP contribution in [-0.4, -0.2) is 12.5 Å². The number of carbonyl (C=O) groups excluding carboxylic acids is 1. The summed E-state index contributed by atoms with van der Waals surface area (Å²) >= 11 is 1.71. The summed E-state index contributed by atoms with van der Waals surface area (Å²) in [6, 6.07) is 9.53. The van der Waals surface area contributed by atoms with Crippen LogP contribution >= 0.6 is 11.8 Å². The summed E-state index contributed by atoms with van der Waals surface area (Å²) in [5.74, 6) is 0.565. The molecule has 4 heteroatoms. The van der Waals surface area contributed by atoms with E-state index in [1.54, 1.807) is 24.8 Å². The van der Waals surface area contributed by atoms with Gasteiger partial charge in [-0.25, -0.2) is 4.39 Å². The zero-order valence-corrected chi connectivity index (χ0v) is 15.8. The molecule has 0 heterocycles. The van der Waals surface area contributed by atoms with Gasteiger partial charge in [0.15, 0.2) is 0 Å². The van der Waals surface area contributed by atoms with E-state index in [1.807, 2.05) is 13.8 Å². The highest BCUT2D eigenvalue weighted by Gasteiger charge is 2.09. The highest BCUT2D eigenvalue weighted by molar-refractivity contribution is 7.98. The standard InChI is InChI=1S/C17H19FOS.C3H6O/c1-11-6-5-7-17(20-4)14(11)10-19-16-9-12(2)15(18)8-13(16)3;1-2-3-4/h5-9H,10H2,1-4H3;3H,2H2,1H3. The number of aldehydes is 1. The molecule has 0 spiro atoms. The van der Waals surface area contributed by atoms with Gasteiger partial charge < -0.3 is 9.53 Å². The predicted molar refractivity (Wildman–Crippen MR) is 99.5 cm³/mol. The number of halogens is 1. The highest BCUT2D eigenvalue weighted by Crippen LogP contribution is 2.27. The van der Waals surface area contributed by atoms with Gasteiger partial charge in [-0.1, -0.05) is 19.1 Å². The molecule has 0 amide bonds. The number of rotatable bonds is 5. The zero-order valence-electron chi connectivity index (χ0n) is 15.0. The smallest absolute Gasteiger partial charge is 0.126 e. The first-order chi connectivity index (χ1) is 11.4. The minimum Gasteiger partial charge on any atom is -0.489 e. The van der Waals surface area contributed by atoms with Gasteiger partial charge in [0, 0.05) is 16.9 Å².